The zero-order valence-electron chi connectivity index (χ0n) is 18.9. The van der Waals surface area contributed by atoms with Crippen LogP contribution in [0.5, 0.6) is 23.0 Å². The number of nitrogens with zero attached hydrogens (tertiary/aromatic N) is 1. The molecule has 1 saturated heterocycles. The van der Waals surface area contributed by atoms with Crippen molar-refractivity contribution < 1.29 is 35.8 Å². The van der Waals surface area contributed by atoms with Gasteiger partial charge in [-0.05, 0) is 36.6 Å². The molecule has 0 aromatic heterocycles. The van der Waals surface area contributed by atoms with Gasteiger partial charge in [-0.1, -0.05) is 0 Å². The van der Waals surface area contributed by atoms with Crippen LogP contribution >= 0.6 is 0 Å². The monoisotopic (exact) mass is 500 g/mol. The second-order valence-electron chi connectivity index (χ2n) is 7.40. The maximum absolute atomic E-state index is 13.1. The van der Waals surface area contributed by atoms with Crippen molar-refractivity contribution in [2.45, 2.75) is 16.2 Å². The average molecular weight is 501 g/mol. The second-order valence-corrected chi connectivity index (χ2v) is 11.1. The fourth-order valence-corrected chi connectivity index (χ4v) is 6.28. The molecule has 3 rings (SSSR count). The summed E-state index contributed by atoms with van der Waals surface area (Å²) < 4.78 is 76.2. The van der Waals surface area contributed by atoms with Crippen molar-refractivity contribution in [1.29, 1.82) is 0 Å². The first-order chi connectivity index (χ1) is 15.7. The maximum Gasteiger partial charge on any atom is 0.243 e. The Bertz CT molecular complexity index is 1200. The highest BCUT2D eigenvalue weighted by Crippen LogP contribution is 2.33. The number of hydrogen-bond acceptors (Lipinski definition) is 8. The number of ether oxygens (including phenoxy) is 4. The van der Waals surface area contributed by atoms with Crippen molar-refractivity contribution >= 4 is 20.0 Å². The molecule has 0 bridgehead atoms. The fraction of sp³-hybridized carbons (Fsp3) is 0.429. The van der Waals surface area contributed by atoms with E-state index < -0.39 is 20.0 Å². The van der Waals surface area contributed by atoms with Crippen LogP contribution in [0.1, 0.15) is 6.42 Å². The van der Waals surface area contributed by atoms with E-state index in [1.165, 1.54) is 69.1 Å². The number of sulfonamides is 2. The predicted molar refractivity (Wildman–Crippen MR) is 121 cm³/mol. The van der Waals surface area contributed by atoms with E-state index in [1.807, 2.05) is 0 Å². The SMILES string of the molecule is COc1ccc(S(=O)(=O)NCC2CCN(S(=O)(=O)c3ccc(OC)c(OC)c3)C2)cc1OC. The van der Waals surface area contributed by atoms with Gasteiger partial charge in [0, 0.05) is 31.8 Å². The van der Waals surface area contributed by atoms with Crippen molar-refractivity contribution in [2.24, 2.45) is 5.92 Å². The molecule has 1 atom stereocenters. The largest absolute Gasteiger partial charge is 0.493 e. The van der Waals surface area contributed by atoms with E-state index >= 15 is 0 Å². The number of nitrogens with one attached hydrogen (secondary N) is 1. The molecule has 1 aliphatic heterocycles. The van der Waals surface area contributed by atoms with Crippen LogP contribution in [0.25, 0.3) is 0 Å². The molecule has 0 saturated carbocycles. The molecule has 0 spiro atoms. The molecule has 12 heteroatoms. The van der Waals surface area contributed by atoms with Crippen LogP contribution < -0.4 is 23.7 Å². The van der Waals surface area contributed by atoms with E-state index in [9.17, 15) is 16.8 Å². The van der Waals surface area contributed by atoms with Gasteiger partial charge < -0.3 is 18.9 Å². The molecule has 1 unspecified atom stereocenters. The van der Waals surface area contributed by atoms with Gasteiger partial charge in [0.2, 0.25) is 20.0 Å². The molecule has 0 radical (unpaired) electrons. The van der Waals surface area contributed by atoms with Gasteiger partial charge in [0.25, 0.3) is 0 Å². The van der Waals surface area contributed by atoms with Gasteiger partial charge in [0.1, 0.15) is 0 Å². The van der Waals surface area contributed by atoms with Crippen LogP contribution in [0.2, 0.25) is 0 Å². The van der Waals surface area contributed by atoms with Gasteiger partial charge in [-0.15, -0.1) is 0 Å². The number of rotatable bonds is 10. The number of benzene rings is 2. The molecule has 2 aromatic carbocycles. The van der Waals surface area contributed by atoms with E-state index in [-0.39, 0.29) is 28.8 Å². The predicted octanol–water partition coefficient (Wildman–Crippen LogP) is 1.71. The first-order valence-electron chi connectivity index (χ1n) is 10.1. The molecule has 0 aliphatic carbocycles. The highest BCUT2D eigenvalue weighted by atomic mass is 32.2. The van der Waals surface area contributed by atoms with Crippen LogP contribution in [-0.4, -0.2) is 69.2 Å². The van der Waals surface area contributed by atoms with Crippen molar-refractivity contribution in [1.82, 2.24) is 9.03 Å². The maximum atomic E-state index is 13.1. The molecular formula is C21H28N2O8S2. The second kappa shape index (κ2) is 10.2. The summed E-state index contributed by atoms with van der Waals surface area (Å²) in [4.78, 5) is 0.125. The summed E-state index contributed by atoms with van der Waals surface area (Å²) in [6.45, 7) is 0.596. The first-order valence-corrected chi connectivity index (χ1v) is 13.0. The average Bonchev–Trinajstić information content (AvgIpc) is 3.32. The summed E-state index contributed by atoms with van der Waals surface area (Å²) in [6, 6.07) is 8.73. The van der Waals surface area contributed by atoms with Crippen molar-refractivity contribution in [3.8, 4) is 23.0 Å². The van der Waals surface area contributed by atoms with E-state index in [4.69, 9.17) is 18.9 Å². The third kappa shape index (κ3) is 5.35. The highest BCUT2D eigenvalue weighted by molar-refractivity contribution is 7.89. The number of methoxy groups -OCH3 is 4. The summed E-state index contributed by atoms with van der Waals surface area (Å²) in [5.41, 5.74) is 0. The van der Waals surface area contributed by atoms with Crippen molar-refractivity contribution in [3.05, 3.63) is 36.4 Å². The highest BCUT2D eigenvalue weighted by Gasteiger charge is 2.33. The lowest BCUT2D eigenvalue weighted by Crippen LogP contribution is -2.33. The lowest BCUT2D eigenvalue weighted by atomic mass is 10.1. The minimum absolute atomic E-state index is 0.0351. The fourth-order valence-electron chi connectivity index (χ4n) is 3.60. The third-order valence-corrected chi connectivity index (χ3v) is 8.75. The van der Waals surface area contributed by atoms with Crippen LogP contribution in [-0.2, 0) is 20.0 Å². The molecule has 1 N–H and O–H groups in total. The zero-order chi connectivity index (χ0) is 24.2. The lowest BCUT2D eigenvalue weighted by molar-refractivity contribution is 0.353. The van der Waals surface area contributed by atoms with Gasteiger partial charge in [-0.3, -0.25) is 0 Å². The number of hydrogen-bond donors (Lipinski definition) is 1. The summed E-state index contributed by atoms with van der Waals surface area (Å²) >= 11 is 0. The van der Waals surface area contributed by atoms with Crippen LogP contribution in [0.4, 0.5) is 0 Å². The van der Waals surface area contributed by atoms with E-state index in [1.54, 1.807) is 0 Å². The Morgan fingerprint density at radius 1 is 0.818 bits per heavy atom. The van der Waals surface area contributed by atoms with Gasteiger partial charge in [-0.2, -0.15) is 4.31 Å². The molecule has 0 amide bonds. The minimum atomic E-state index is -3.81. The van der Waals surface area contributed by atoms with Crippen LogP contribution in [0.15, 0.2) is 46.2 Å². The van der Waals surface area contributed by atoms with Gasteiger partial charge in [0.05, 0.1) is 38.2 Å². The van der Waals surface area contributed by atoms with Crippen molar-refractivity contribution in [3.63, 3.8) is 0 Å². The Labute approximate surface area is 194 Å². The Hall–Kier alpha value is -2.54. The molecule has 2 aromatic rings. The Balaban J connectivity index is 1.68. The van der Waals surface area contributed by atoms with Gasteiger partial charge in [0.15, 0.2) is 23.0 Å². The van der Waals surface area contributed by atoms with E-state index in [0.717, 1.165) is 0 Å². The molecule has 182 valence electrons. The Morgan fingerprint density at radius 2 is 1.33 bits per heavy atom. The van der Waals surface area contributed by atoms with E-state index in [0.29, 0.717) is 36.0 Å². The summed E-state index contributed by atoms with van der Waals surface area (Å²) in [7, 11) is -1.78. The molecule has 1 heterocycles. The van der Waals surface area contributed by atoms with Crippen LogP contribution in [0.3, 0.4) is 0 Å². The Morgan fingerprint density at radius 3 is 1.88 bits per heavy atom. The lowest BCUT2D eigenvalue weighted by Gasteiger charge is -2.18. The Kier molecular flexibility index (Phi) is 7.73. The molecule has 33 heavy (non-hydrogen) atoms. The zero-order valence-corrected chi connectivity index (χ0v) is 20.5. The molecule has 1 aliphatic rings. The minimum Gasteiger partial charge on any atom is -0.493 e. The first kappa shape index (κ1) is 25.1. The summed E-state index contributed by atoms with van der Waals surface area (Å²) in [6.07, 6.45) is 0.529. The van der Waals surface area contributed by atoms with Crippen molar-refractivity contribution in [2.75, 3.05) is 48.1 Å². The molecule has 10 nitrogen and oxygen atoms in total. The molecular weight excluding hydrogens is 472 g/mol. The van der Waals surface area contributed by atoms with Gasteiger partial charge >= 0.3 is 0 Å². The third-order valence-electron chi connectivity index (χ3n) is 5.47. The smallest absolute Gasteiger partial charge is 0.243 e. The van der Waals surface area contributed by atoms with E-state index in [2.05, 4.69) is 4.72 Å². The summed E-state index contributed by atoms with van der Waals surface area (Å²) in [5, 5.41) is 0. The topological polar surface area (TPSA) is 120 Å². The quantitative estimate of drug-likeness (QED) is 0.524. The standard InChI is InChI=1S/C21H28N2O8S2/c1-28-18-7-5-16(11-20(18)30-3)32(24,25)22-13-15-9-10-23(14-15)33(26,27)17-6-8-19(29-2)21(12-17)31-4/h5-8,11-12,15,22H,9-10,13-14H2,1-4H3. The van der Waals surface area contributed by atoms with Gasteiger partial charge in [-0.25, -0.2) is 21.6 Å². The summed E-state index contributed by atoms with van der Waals surface area (Å²) in [5.74, 6) is 1.30. The normalized spacial score (nSPS) is 17.0. The molecule has 1 fully saturated rings. The van der Waals surface area contributed by atoms with Crippen LogP contribution in [0, 0.1) is 5.92 Å².